The number of methoxy groups -OCH3 is 2. The Kier molecular flexibility index (Phi) is 6.11. The summed E-state index contributed by atoms with van der Waals surface area (Å²) < 4.78 is 9.86. The van der Waals surface area contributed by atoms with E-state index in [1.54, 1.807) is 12.1 Å². The van der Waals surface area contributed by atoms with Crippen molar-refractivity contribution >= 4 is 52.4 Å². The number of pyridine rings is 1. The van der Waals surface area contributed by atoms with Gasteiger partial charge in [0.15, 0.2) is 11.4 Å². The van der Waals surface area contributed by atoms with Gasteiger partial charge in [-0.15, -0.1) is 0 Å². The third-order valence-electron chi connectivity index (χ3n) is 3.18. The zero-order chi connectivity index (χ0) is 18.7. The molecule has 1 heterocycles. The second kappa shape index (κ2) is 7.91. The van der Waals surface area contributed by atoms with Crippen LogP contribution in [0.3, 0.4) is 0 Å². The van der Waals surface area contributed by atoms with E-state index in [-0.39, 0.29) is 38.8 Å². The maximum atomic E-state index is 12.0. The number of rotatable bonds is 4. The Bertz CT molecular complexity index is 856. The number of hydrogen-bond donors (Lipinski definition) is 1. The Balaban J connectivity index is 2.73. The molecule has 0 aliphatic carbocycles. The zero-order valence-electron chi connectivity index (χ0n) is 13.4. The Morgan fingerprint density at radius 1 is 1.12 bits per heavy atom. The first kappa shape index (κ1) is 19.3. The molecule has 2 rings (SSSR count). The largest absolute Gasteiger partial charge is 0.494 e. The van der Waals surface area contributed by atoms with Crippen LogP contribution in [-0.2, 0) is 9.53 Å². The molecule has 25 heavy (non-hydrogen) atoms. The van der Waals surface area contributed by atoms with Crippen LogP contribution in [0.4, 0.5) is 5.69 Å². The summed E-state index contributed by atoms with van der Waals surface area (Å²) in [7, 11) is 2.62. The smallest absolute Gasteiger partial charge is 0.358 e. The van der Waals surface area contributed by atoms with Crippen molar-refractivity contribution in [2.75, 3.05) is 19.5 Å². The number of hydrogen-bond acceptors (Lipinski definition) is 5. The average molecular weight is 404 g/mol. The SMILES string of the molecule is COC(=O)c1nc(-c2ccc(Cl)c(OC)c2Cl)cc(NC(C)=O)c1Cl. The minimum Gasteiger partial charge on any atom is -0.494 e. The molecule has 1 aromatic carbocycles. The maximum absolute atomic E-state index is 12.0. The van der Waals surface area contributed by atoms with Gasteiger partial charge < -0.3 is 14.8 Å². The molecule has 0 spiro atoms. The van der Waals surface area contributed by atoms with Crippen molar-refractivity contribution < 1.29 is 19.1 Å². The molecule has 1 N–H and O–H groups in total. The van der Waals surface area contributed by atoms with Gasteiger partial charge in [0.2, 0.25) is 5.91 Å². The number of nitrogens with one attached hydrogen (secondary N) is 1. The number of ether oxygens (including phenoxy) is 2. The molecule has 0 bridgehead atoms. The molecule has 2 aromatic rings. The van der Waals surface area contributed by atoms with E-state index < -0.39 is 5.97 Å². The molecule has 0 saturated carbocycles. The molecule has 0 atom stereocenters. The highest BCUT2D eigenvalue weighted by Gasteiger charge is 2.21. The summed E-state index contributed by atoms with van der Waals surface area (Å²) in [6, 6.07) is 4.68. The molecule has 1 amide bonds. The zero-order valence-corrected chi connectivity index (χ0v) is 15.7. The summed E-state index contributed by atoms with van der Waals surface area (Å²) in [4.78, 5) is 27.6. The van der Waals surface area contributed by atoms with Gasteiger partial charge in [0, 0.05) is 12.5 Å². The molecule has 132 valence electrons. The van der Waals surface area contributed by atoms with Gasteiger partial charge in [-0.05, 0) is 18.2 Å². The first-order valence-electron chi connectivity index (χ1n) is 6.89. The molecule has 0 aliphatic heterocycles. The monoisotopic (exact) mass is 402 g/mol. The van der Waals surface area contributed by atoms with Gasteiger partial charge in [-0.2, -0.15) is 0 Å². The molecule has 0 saturated heterocycles. The van der Waals surface area contributed by atoms with Crippen LogP contribution in [0.1, 0.15) is 17.4 Å². The van der Waals surface area contributed by atoms with Crippen molar-refractivity contribution in [1.82, 2.24) is 4.98 Å². The number of carbonyl (C=O) groups is 2. The first-order valence-corrected chi connectivity index (χ1v) is 8.02. The van der Waals surface area contributed by atoms with Gasteiger partial charge in [0.25, 0.3) is 0 Å². The summed E-state index contributed by atoms with van der Waals surface area (Å²) in [5.74, 6) is -0.858. The van der Waals surface area contributed by atoms with Gasteiger partial charge in [-0.1, -0.05) is 34.8 Å². The Labute approximate surface area is 159 Å². The van der Waals surface area contributed by atoms with Gasteiger partial charge in [0.05, 0.1) is 40.7 Å². The van der Waals surface area contributed by atoms with Crippen molar-refractivity contribution in [3.63, 3.8) is 0 Å². The number of amides is 1. The van der Waals surface area contributed by atoms with E-state index in [2.05, 4.69) is 15.0 Å². The molecule has 0 radical (unpaired) electrons. The number of anilines is 1. The Morgan fingerprint density at radius 3 is 2.36 bits per heavy atom. The van der Waals surface area contributed by atoms with Crippen LogP contribution in [0.5, 0.6) is 5.75 Å². The maximum Gasteiger partial charge on any atom is 0.358 e. The lowest BCUT2D eigenvalue weighted by atomic mass is 10.1. The number of carbonyl (C=O) groups excluding carboxylic acids is 2. The number of nitrogens with zero attached hydrogens (tertiary/aromatic N) is 1. The fraction of sp³-hybridized carbons (Fsp3) is 0.188. The van der Waals surface area contributed by atoms with Crippen LogP contribution in [0, 0.1) is 0 Å². The van der Waals surface area contributed by atoms with E-state index in [0.29, 0.717) is 10.6 Å². The summed E-state index contributed by atoms with van der Waals surface area (Å²) in [5, 5.41) is 3.03. The lowest BCUT2D eigenvalue weighted by Gasteiger charge is -2.14. The third-order valence-corrected chi connectivity index (χ3v) is 4.23. The molecule has 1 aromatic heterocycles. The summed E-state index contributed by atoms with van der Waals surface area (Å²) in [5.41, 5.74) is 0.768. The van der Waals surface area contributed by atoms with E-state index in [9.17, 15) is 9.59 Å². The lowest BCUT2D eigenvalue weighted by Crippen LogP contribution is -2.12. The highest BCUT2D eigenvalue weighted by atomic mass is 35.5. The minimum atomic E-state index is -0.754. The van der Waals surface area contributed by atoms with Crippen LogP contribution in [0.25, 0.3) is 11.3 Å². The lowest BCUT2D eigenvalue weighted by molar-refractivity contribution is -0.114. The van der Waals surface area contributed by atoms with Crippen molar-refractivity contribution in [3.05, 3.63) is 39.0 Å². The Morgan fingerprint density at radius 2 is 1.80 bits per heavy atom. The predicted molar refractivity (Wildman–Crippen MR) is 96.9 cm³/mol. The summed E-state index contributed by atoms with van der Waals surface area (Å²) >= 11 is 18.5. The predicted octanol–water partition coefficient (Wildman–Crippen LogP) is 4.46. The van der Waals surface area contributed by atoms with E-state index in [0.717, 1.165) is 0 Å². The number of aromatic nitrogens is 1. The van der Waals surface area contributed by atoms with E-state index in [4.69, 9.17) is 39.5 Å². The molecule has 0 aliphatic rings. The van der Waals surface area contributed by atoms with Gasteiger partial charge in [0.1, 0.15) is 0 Å². The van der Waals surface area contributed by atoms with E-state index in [1.165, 1.54) is 27.2 Å². The number of halogens is 3. The third kappa shape index (κ3) is 3.98. The van der Waals surface area contributed by atoms with Crippen LogP contribution in [0.15, 0.2) is 18.2 Å². The van der Waals surface area contributed by atoms with Crippen LogP contribution >= 0.6 is 34.8 Å². The van der Waals surface area contributed by atoms with Gasteiger partial charge >= 0.3 is 5.97 Å². The van der Waals surface area contributed by atoms with Gasteiger partial charge in [-0.25, -0.2) is 9.78 Å². The van der Waals surface area contributed by atoms with Crippen molar-refractivity contribution in [3.8, 4) is 17.0 Å². The average Bonchev–Trinajstić information content (AvgIpc) is 2.56. The van der Waals surface area contributed by atoms with Crippen LogP contribution < -0.4 is 10.1 Å². The topological polar surface area (TPSA) is 77.5 Å². The molecular formula is C16H13Cl3N2O4. The van der Waals surface area contributed by atoms with Crippen molar-refractivity contribution in [2.24, 2.45) is 0 Å². The second-order valence-corrected chi connectivity index (χ2v) is 6.00. The standard InChI is InChI=1S/C16H13Cl3N2O4/c1-7(22)20-11-6-10(21-14(13(11)19)16(23)25-3)8-4-5-9(17)15(24-2)12(8)18/h4-6H,1-3H3,(H,20,21,22). The number of benzene rings is 1. The molecular weight excluding hydrogens is 391 g/mol. The van der Waals surface area contributed by atoms with Crippen LogP contribution in [0.2, 0.25) is 15.1 Å². The van der Waals surface area contributed by atoms with Crippen LogP contribution in [-0.4, -0.2) is 31.1 Å². The fourth-order valence-electron chi connectivity index (χ4n) is 2.10. The number of esters is 1. The first-order chi connectivity index (χ1) is 11.8. The molecule has 6 nitrogen and oxygen atoms in total. The highest BCUT2D eigenvalue weighted by molar-refractivity contribution is 6.39. The van der Waals surface area contributed by atoms with Crippen molar-refractivity contribution in [1.29, 1.82) is 0 Å². The van der Waals surface area contributed by atoms with Crippen molar-refractivity contribution in [2.45, 2.75) is 6.92 Å². The van der Waals surface area contributed by atoms with E-state index in [1.807, 2.05) is 0 Å². The highest BCUT2D eigenvalue weighted by Crippen LogP contribution is 2.41. The molecule has 0 fully saturated rings. The molecule has 9 heteroatoms. The van der Waals surface area contributed by atoms with Gasteiger partial charge in [-0.3, -0.25) is 4.79 Å². The minimum absolute atomic E-state index is 0.0390. The fourth-order valence-corrected chi connectivity index (χ4v) is 2.94. The quantitative estimate of drug-likeness (QED) is 0.763. The second-order valence-electron chi connectivity index (χ2n) is 4.83. The molecule has 0 unspecified atom stereocenters. The van der Waals surface area contributed by atoms with E-state index >= 15 is 0 Å². The Hall–Kier alpha value is -2.02. The summed E-state index contributed by atoms with van der Waals surface area (Å²) in [6.45, 7) is 1.31. The summed E-state index contributed by atoms with van der Waals surface area (Å²) in [6.07, 6.45) is 0. The normalized spacial score (nSPS) is 10.3.